The molecule has 2 fully saturated rings. The van der Waals surface area contributed by atoms with Gasteiger partial charge >= 0.3 is 0 Å². The third kappa shape index (κ3) is 3.07. The van der Waals surface area contributed by atoms with Gasteiger partial charge in [0.1, 0.15) is 5.54 Å². The number of carbonyl (C=O) groups is 2. The van der Waals surface area contributed by atoms with Crippen molar-refractivity contribution in [1.29, 1.82) is 0 Å². The summed E-state index contributed by atoms with van der Waals surface area (Å²) in [5.41, 5.74) is -0.766. The number of nitrogens with one attached hydrogen (secondary N) is 1. The highest BCUT2D eigenvalue weighted by molar-refractivity contribution is 7.99. The molecule has 0 aromatic heterocycles. The van der Waals surface area contributed by atoms with E-state index < -0.39 is 5.54 Å². The number of thioether (sulfide) groups is 1. The molecule has 108 valence electrons. The van der Waals surface area contributed by atoms with Crippen LogP contribution in [0.1, 0.15) is 46.5 Å². The van der Waals surface area contributed by atoms with E-state index in [0.717, 1.165) is 12.2 Å². The number of rotatable bonds is 3. The molecule has 1 aliphatic carbocycles. The van der Waals surface area contributed by atoms with Crippen molar-refractivity contribution in [1.82, 2.24) is 10.2 Å². The van der Waals surface area contributed by atoms with E-state index in [2.05, 4.69) is 12.2 Å². The maximum atomic E-state index is 12.7. The zero-order valence-electron chi connectivity index (χ0n) is 12.1. The third-order valence-corrected chi connectivity index (χ3v) is 5.34. The lowest BCUT2D eigenvalue weighted by atomic mass is 10.0. The van der Waals surface area contributed by atoms with Crippen molar-refractivity contribution >= 4 is 23.6 Å². The Morgan fingerprint density at radius 2 is 2.11 bits per heavy atom. The van der Waals surface area contributed by atoms with Crippen molar-refractivity contribution in [2.45, 2.75) is 63.3 Å². The summed E-state index contributed by atoms with van der Waals surface area (Å²) in [5.74, 6) is 1.15. The zero-order valence-corrected chi connectivity index (χ0v) is 12.9. The van der Waals surface area contributed by atoms with Crippen LogP contribution in [0.5, 0.6) is 0 Å². The number of hydrogen-bond acceptors (Lipinski definition) is 3. The minimum atomic E-state index is -0.766. The molecule has 2 rings (SSSR count). The molecule has 4 nitrogen and oxygen atoms in total. The summed E-state index contributed by atoms with van der Waals surface area (Å²) in [6, 6.07) is 0.310. The maximum absolute atomic E-state index is 12.7. The highest BCUT2D eigenvalue weighted by Crippen LogP contribution is 2.34. The largest absolute Gasteiger partial charge is 0.342 e. The number of hydrogen-bond donors (Lipinski definition) is 1. The van der Waals surface area contributed by atoms with Crippen LogP contribution in [0.2, 0.25) is 0 Å². The van der Waals surface area contributed by atoms with Gasteiger partial charge in [0.15, 0.2) is 0 Å². The van der Waals surface area contributed by atoms with Crippen molar-refractivity contribution in [2.24, 2.45) is 0 Å². The van der Waals surface area contributed by atoms with Crippen LogP contribution in [0.25, 0.3) is 0 Å². The first-order chi connectivity index (χ1) is 8.95. The van der Waals surface area contributed by atoms with Gasteiger partial charge in [0.05, 0.1) is 0 Å². The fraction of sp³-hybridized carbons (Fsp3) is 0.857. The second kappa shape index (κ2) is 5.73. The van der Waals surface area contributed by atoms with Gasteiger partial charge in [-0.1, -0.05) is 13.3 Å². The molecule has 1 saturated heterocycles. The molecule has 0 radical (unpaired) electrons. The van der Waals surface area contributed by atoms with Crippen LogP contribution in [0.15, 0.2) is 0 Å². The van der Waals surface area contributed by atoms with Crippen LogP contribution >= 0.6 is 11.8 Å². The monoisotopic (exact) mass is 284 g/mol. The van der Waals surface area contributed by atoms with Crippen molar-refractivity contribution in [3.05, 3.63) is 0 Å². The van der Waals surface area contributed by atoms with Crippen LogP contribution in [0.3, 0.4) is 0 Å². The summed E-state index contributed by atoms with van der Waals surface area (Å²) in [4.78, 5) is 26.3. The lowest BCUT2D eigenvalue weighted by Gasteiger charge is -2.35. The van der Waals surface area contributed by atoms with Crippen molar-refractivity contribution in [2.75, 3.05) is 12.3 Å². The zero-order chi connectivity index (χ0) is 14.0. The number of amides is 2. The molecular formula is C14H24N2O2S. The first kappa shape index (κ1) is 14.7. The topological polar surface area (TPSA) is 49.4 Å². The molecule has 2 unspecified atom stereocenters. The Kier molecular flexibility index (Phi) is 4.43. The smallest absolute Gasteiger partial charge is 0.248 e. The van der Waals surface area contributed by atoms with Crippen molar-refractivity contribution < 1.29 is 9.59 Å². The Morgan fingerprint density at radius 3 is 2.79 bits per heavy atom. The molecule has 0 bridgehead atoms. The van der Waals surface area contributed by atoms with E-state index in [1.165, 1.54) is 12.8 Å². The van der Waals surface area contributed by atoms with Gasteiger partial charge in [-0.25, -0.2) is 0 Å². The van der Waals surface area contributed by atoms with Crippen LogP contribution in [0, 0.1) is 0 Å². The Labute approximate surface area is 119 Å². The maximum Gasteiger partial charge on any atom is 0.248 e. The van der Waals surface area contributed by atoms with Crippen molar-refractivity contribution in [3.63, 3.8) is 0 Å². The van der Waals surface area contributed by atoms with E-state index in [-0.39, 0.29) is 11.8 Å². The summed E-state index contributed by atoms with van der Waals surface area (Å²) in [5, 5.41) is 3.37. The predicted octanol–water partition coefficient (Wildman–Crippen LogP) is 1.79. The fourth-order valence-electron chi connectivity index (χ4n) is 3.13. The molecule has 2 amide bonds. The molecular weight excluding hydrogens is 260 g/mol. The lowest BCUT2D eigenvalue weighted by molar-refractivity contribution is -0.139. The van der Waals surface area contributed by atoms with Crippen LogP contribution in [-0.4, -0.2) is 45.8 Å². The summed E-state index contributed by atoms with van der Waals surface area (Å²) in [6.07, 6.45) is 3.88. The van der Waals surface area contributed by atoms with Gasteiger partial charge < -0.3 is 10.2 Å². The van der Waals surface area contributed by atoms with Gasteiger partial charge in [-0.15, -0.1) is 0 Å². The van der Waals surface area contributed by atoms with E-state index >= 15 is 0 Å². The van der Waals surface area contributed by atoms with Crippen LogP contribution in [-0.2, 0) is 9.59 Å². The first-order valence-electron chi connectivity index (χ1n) is 7.19. The first-order valence-corrected chi connectivity index (χ1v) is 8.24. The Hall–Kier alpha value is -0.710. The van der Waals surface area contributed by atoms with Crippen LogP contribution in [0.4, 0.5) is 0 Å². The lowest BCUT2D eigenvalue weighted by Crippen LogP contribution is -2.56. The quantitative estimate of drug-likeness (QED) is 0.859. The molecule has 0 spiro atoms. The van der Waals surface area contributed by atoms with Gasteiger partial charge in [0.2, 0.25) is 11.8 Å². The molecule has 1 heterocycles. The molecule has 19 heavy (non-hydrogen) atoms. The Morgan fingerprint density at radius 1 is 1.37 bits per heavy atom. The minimum absolute atomic E-state index is 0.0152. The molecule has 1 aliphatic heterocycles. The average Bonchev–Trinajstić information content (AvgIpc) is 2.73. The van der Waals surface area contributed by atoms with Gasteiger partial charge in [0, 0.05) is 24.3 Å². The molecule has 0 aromatic carbocycles. The van der Waals surface area contributed by atoms with E-state index in [1.807, 2.05) is 30.5 Å². The average molecular weight is 284 g/mol. The number of nitrogens with zero attached hydrogens (tertiary/aromatic N) is 1. The number of carbonyl (C=O) groups excluding carboxylic acids is 2. The van der Waals surface area contributed by atoms with E-state index in [0.29, 0.717) is 24.3 Å². The molecule has 1 N–H and O–H groups in total. The van der Waals surface area contributed by atoms with Crippen LogP contribution < -0.4 is 5.32 Å². The summed E-state index contributed by atoms with van der Waals surface area (Å²) >= 11 is 1.95. The molecule has 1 saturated carbocycles. The Balaban J connectivity index is 2.17. The van der Waals surface area contributed by atoms with E-state index in [9.17, 15) is 9.59 Å². The molecule has 2 aliphatic rings. The van der Waals surface area contributed by atoms with E-state index in [4.69, 9.17) is 0 Å². The SMILES string of the molecule is CCSC1CCCC1N1CCC(=O)NC(C)(C)C1=O. The molecule has 0 aromatic rings. The fourth-order valence-corrected chi connectivity index (χ4v) is 4.40. The van der Waals surface area contributed by atoms with Crippen molar-refractivity contribution in [3.8, 4) is 0 Å². The van der Waals surface area contributed by atoms with Gasteiger partial charge in [-0.3, -0.25) is 9.59 Å². The standard InChI is InChI=1S/C14H24N2O2S/c1-4-19-11-7-5-6-10(11)16-9-8-12(17)15-14(2,3)13(16)18/h10-11H,4-9H2,1-3H3,(H,15,17). The normalized spacial score (nSPS) is 31.2. The second-order valence-electron chi connectivity index (χ2n) is 5.91. The van der Waals surface area contributed by atoms with Gasteiger partial charge in [-0.2, -0.15) is 11.8 Å². The Bertz CT molecular complexity index is 370. The summed E-state index contributed by atoms with van der Waals surface area (Å²) < 4.78 is 0. The predicted molar refractivity (Wildman–Crippen MR) is 78.1 cm³/mol. The van der Waals surface area contributed by atoms with Gasteiger partial charge in [-0.05, 0) is 32.4 Å². The minimum Gasteiger partial charge on any atom is -0.342 e. The molecule has 2 atom stereocenters. The highest BCUT2D eigenvalue weighted by Gasteiger charge is 2.42. The summed E-state index contributed by atoms with van der Waals surface area (Å²) in [7, 11) is 0. The summed E-state index contributed by atoms with van der Waals surface area (Å²) in [6.45, 7) is 6.35. The molecule has 5 heteroatoms. The highest BCUT2D eigenvalue weighted by atomic mass is 32.2. The second-order valence-corrected chi connectivity index (χ2v) is 7.43. The van der Waals surface area contributed by atoms with E-state index in [1.54, 1.807) is 0 Å². The third-order valence-electron chi connectivity index (χ3n) is 4.03. The van der Waals surface area contributed by atoms with Gasteiger partial charge in [0.25, 0.3) is 0 Å².